The van der Waals surface area contributed by atoms with Crippen molar-refractivity contribution in [3.05, 3.63) is 91.0 Å². The van der Waals surface area contributed by atoms with Crippen molar-refractivity contribution >= 4 is 80.3 Å². The van der Waals surface area contributed by atoms with Gasteiger partial charge in [-0.3, -0.25) is 0 Å². The second kappa shape index (κ2) is 63.7. The molecular formula is C120H196N4S4. The molecule has 0 saturated heterocycles. The van der Waals surface area contributed by atoms with Gasteiger partial charge in [0.1, 0.15) is 22.1 Å². The molecule has 3 aromatic carbocycles. The monoisotopic (exact) mass is 1820 g/mol. The van der Waals surface area contributed by atoms with E-state index in [1.54, 1.807) is 33.4 Å². The number of hydrogen-bond donors (Lipinski definition) is 0. The van der Waals surface area contributed by atoms with Gasteiger partial charge in [0.2, 0.25) is 0 Å². The van der Waals surface area contributed by atoms with Crippen LogP contribution in [0.2, 0.25) is 0 Å². The van der Waals surface area contributed by atoms with Crippen molar-refractivity contribution in [2.45, 2.75) is 556 Å². The standard InChI is InChI=1S/C120H196N4S4/c1-13-23-33-39-41-51-57-67-81-106(99(77-31-21-9)79-65-37-27-17-5)119(89-69-59-53-47-43-45-49-55-63-75-97(71-29-19-7)73-61-35-25-15-3)108-93-104-109(92-103(108)113-110(119)91-95(11)115-117(113)123-127-121-115)120(90-70-60-54-48-44-46-50-56-64-76-98(72-30-20-8)74-62-36-26-16-4,107(82-68-58-52-42-40-34-24-14-2)100(78-32-22-10)80-66-38-28-18-6)111-94-105(116-118(114(104)111)124-128-122-116)112-88-87-102(126-112)86-85-101-84-83-96(12)125-101/h83-88,91-94,97-100,106-107H,13-82,89-90H2,1-12H3/b86-85+. The summed E-state index contributed by atoms with van der Waals surface area (Å²) in [4.78, 5) is 5.35. The second-order valence-corrected chi connectivity index (χ2v) is 45.6. The fourth-order valence-electron chi connectivity index (χ4n) is 24.7. The van der Waals surface area contributed by atoms with Crippen molar-refractivity contribution in [2.75, 3.05) is 0 Å². The van der Waals surface area contributed by atoms with Gasteiger partial charge in [-0.05, 0) is 169 Å². The maximum Gasteiger partial charge on any atom is 0.114 e. The fourth-order valence-corrected chi connectivity index (χ4v) is 27.6. The van der Waals surface area contributed by atoms with E-state index < -0.39 is 0 Å². The molecule has 0 fully saturated rings. The molecule has 2 aliphatic rings. The lowest BCUT2D eigenvalue weighted by Crippen LogP contribution is -2.40. The first-order valence-electron chi connectivity index (χ1n) is 56.7. The SMILES string of the molecule is CCCCCCCCCCC(C(CCCC)CCCCCC)C1(CCCCCCCCCCCC(CCCC)CCCCCC)c2cc3c(cc2-c2c1cc(C)c1nsnc21)C(CCCCCCCCCCCC(CCCC)CCCCCC)(C(CCCCCCCCCC)C(CCCC)CCCCCC)c1cc(-c2ccc(/C=C/c4ccc(C)s4)s2)c2nsnc2c1-3. The third kappa shape index (κ3) is 33.1. The first-order chi connectivity index (χ1) is 63.0. The molecule has 0 saturated carbocycles. The maximum absolute atomic E-state index is 5.85. The van der Waals surface area contributed by atoms with Crippen LogP contribution < -0.4 is 0 Å². The van der Waals surface area contributed by atoms with Crippen molar-refractivity contribution in [1.82, 2.24) is 17.5 Å². The third-order valence-corrected chi connectivity index (χ3v) is 35.1. The zero-order chi connectivity index (χ0) is 90.5. The van der Waals surface area contributed by atoms with Gasteiger partial charge in [-0.15, -0.1) is 22.7 Å². The minimum atomic E-state index is -0.238. The van der Waals surface area contributed by atoms with Crippen molar-refractivity contribution in [3.63, 3.8) is 0 Å². The minimum Gasteiger partial charge on any atom is -0.173 e. The van der Waals surface area contributed by atoms with Crippen LogP contribution in [0.25, 0.3) is 66.9 Å². The molecule has 4 nitrogen and oxygen atoms in total. The Labute approximate surface area is 807 Å². The van der Waals surface area contributed by atoms with E-state index in [0.29, 0.717) is 23.7 Å². The maximum atomic E-state index is 5.85. The van der Waals surface area contributed by atoms with Gasteiger partial charge in [0.05, 0.1) is 23.5 Å². The largest absolute Gasteiger partial charge is 0.173 e. The van der Waals surface area contributed by atoms with E-state index in [0.717, 1.165) is 22.9 Å². The van der Waals surface area contributed by atoms with E-state index in [-0.39, 0.29) is 10.8 Å². The number of thiophene rings is 2. The Bertz CT molecular complexity index is 4050. The normalized spacial score (nSPS) is 16.3. The Morgan fingerprint density at radius 2 is 0.539 bits per heavy atom. The van der Waals surface area contributed by atoms with Crippen LogP contribution in [-0.4, -0.2) is 17.5 Å². The van der Waals surface area contributed by atoms with Crippen molar-refractivity contribution in [3.8, 4) is 32.7 Å². The lowest BCUT2D eigenvalue weighted by Gasteiger charge is -2.46. The number of nitrogens with zero attached hydrogens (tertiary/aromatic N) is 4. The first kappa shape index (κ1) is 108. The molecule has 4 heterocycles. The average molecular weight is 1820 g/mol. The quantitative estimate of drug-likeness (QED) is 0.0357. The fraction of sp³-hybridized carbons (Fsp3) is 0.767. The van der Waals surface area contributed by atoms with Gasteiger partial charge in [0.25, 0.3) is 0 Å². The number of benzene rings is 3. The summed E-state index contributed by atoms with van der Waals surface area (Å²) < 4.78 is 22.6. The molecule has 0 radical (unpaired) electrons. The molecule has 8 unspecified atom stereocenters. The number of rotatable bonds is 81. The molecule has 4 aromatic heterocycles. The Morgan fingerprint density at radius 1 is 0.258 bits per heavy atom. The molecule has 9 rings (SSSR count). The van der Waals surface area contributed by atoms with Crippen LogP contribution in [0, 0.1) is 49.4 Å². The zero-order valence-corrected chi connectivity index (χ0v) is 88.8. The average Bonchev–Trinajstić information content (AvgIpc) is 1.50. The molecule has 128 heavy (non-hydrogen) atoms. The van der Waals surface area contributed by atoms with Crippen molar-refractivity contribution < 1.29 is 0 Å². The molecule has 0 aliphatic heterocycles. The molecule has 0 spiro atoms. The number of aromatic nitrogens is 4. The smallest absolute Gasteiger partial charge is 0.114 e. The lowest BCUT2D eigenvalue weighted by atomic mass is 9.57. The summed E-state index contributed by atoms with van der Waals surface area (Å²) in [6.07, 6.45) is 103. The first-order valence-corrected chi connectivity index (χ1v) is 59.7. The van der Waals surface area contributed by atoms with Crippen LogP contribution in [0.3, 0.4) is 0 Å². The van der Waals surface area contributed by atoms with Gasteiger partial charge in [0, 0.05) is 47.0 Å². The van der Waals surface area contributed by atoms with Crippen molar-refractivity contribution in [1.29, 1.82) is 0 Å². The summed E-state index contributed by atoms with van der Waals surface area (Å²) in [6, 6.07) is 21.2. The topological polar surface area (TPSA) is 51.6 Å². The molecule has 0 bridgehead atoms. The summed E-state index contributed by atoms with van der Waals surface area (Å²) >= 11 is 6.88. The van der Waals surface area contributed by atoms with E-state index in [9.17, 15) is 0 Å². The Morgan fingerprint density at radius 3 is 0.922 bits per heavy atom. The van der Waals surface area contributed by atoms with E-state index in [4.69, 9.17) is 17.5 Å². The van der Waals surface area contributed by atoms with Crippen LogP contribution >= 0.6 is 46.1 Å². The molecule has 720 valence electrons. The van der Waals surface area contributed by atoms with Crippen LogP contribution in [0.5, 0.6) is 0 Å². The van der Waals surface area contributed by atoms with Gasteiger partial charge < -0.3 is 0 Å². The molecule has 7 aromatic rings. The number of hydrogen-bond acceptors (Lipinski definition) is 8. The summed E-state index contributed by atoms with van der Waals surface area (Å²) in [5.41, 5.74) is 19.7. The zero-order valence-electron chi connectivity index (χ0n) is 85.6. The van der Waals surface area contributed by atoms with Crippen LogP contribution in [0.4, 0.5) is 0 Å². The number of unbranched alkanes of at least 4 members (excludes halogenated alkanes) is 46. The van der Waals surface area contributed by atoms with Gasteiger partial charge in [-0.2, -0.15) is 17.5 Å². The Balaban J connectivity index is 1.23. The molecule has 8 heteroatoms. The molecule has 0 N–H and O–H groups in total. The summed E-state index contributed by atoms with van der Waals surface area (Å²) in [7, 11) is 0. The van der Waals surface area contributed by atoms with Crippen molar-refractivity contribution in [2.24, 2.45) is 35.5 Å². The summed E-state index contributed by atoms with van der Waals surface area (Å²) in [6.45, 7) is 28.9. The molecule has 2 aliphatic carbocycles. The second-order valence-electron chi connectivity index (χ2n) is 42.2. The molecular weight excluding hydrogens is 1630 g/mol. The van der Waals surface area contributed by atoms with Crippen LogP contribution in [0.1, 0.15) is 574 Å². The van der Waals surface area contributed by atoms with Gasteiger partial charge >= 0.3 is 0 Å². The number of aryl methyl sites for hydroxylation is 2. The van der Waals surface area contributed by atoms with Crippen LogP contribution in [-0.2, 0) is 10.8 Å². The summed E-state index contributed by atoms with van der Waals surface area (Å²) in [5.74, 6) is 4.15. The van der Waals surface area contributed by atoms with Gasteiger partial charge in [-0.1, -0.05) is 512 Å². The predicted molar refractivity (Wildman–Crippen MR) is 577 cm³/mol. The highest BCUT2D eigenvalue weighted by Crippen LogP contribution is 2.67. The van der Waals surface area contributed by atoms with Gasteiger partial charge in [-0.25, -0.2) is 0 Å². The third-order valence-electron chi connectivity index (χ3n) is 32.0. The highest BCUT2D eigenvalue weighted by atomic mass is 32.1. The van der Waals surface area contributed by atoms with Crippen LogP contribution in [0.15, 0.2) is 48.5 Å². The highest BCUT2D eigenvalue weighted by Gasteiger charge is 2.56. The Hall–Kier alpha value is -3.56. The van der Waals surface area contributed by atoms with E-state index >= 15 is 0 Å². The molecule has 0 amide bonds. The summed E-state index contributed by atoms with van der Waals surface area (Å²) in [5, 5.41) is 0. The molecule has 8 atom stereocenters. The Kier molecular flexibility index (Phi) is 53.8. The van der Waals surface area contributed by atoms with E-state index in [1.807, 2.05) is 22.7 Å². The van der Waals surface area contributed by atoms with E-state index in [2.05, 4.69) is 144 Å². The highest BCUT2D eigenvalue weighted by molar-refractivity contribution is 7.16. The number of fused-ring (bicyclic) bond motifs is 10. The predicted octanol–water partition coefficient (Wildman–Crippen LogP) is 42.8. The van der Waals surface area contributed by atoms with Gasteiger partial charge in [0.15, 0.2) is 0 Å². The lowest BCUT2D eigenvalue weighted by molar-refractivity contribution is 0.160. The van der Waals surface area contributed by atoms with E-state index in [1.165, 1.54) is 539 Å². The minimum absolute atomic E-state index is 0.185.